The maximum Gasteiger partial charge on any atom is 0.306 e. The van der Waals surface area contributed by atoms with Crippen molar-refractivity contribution in [2.45, 2.75) is 83.3 Å². The van der Waals surface area contributed by atoms with Crippen LogP contribution >= 0.6 is 0 Å². The highest BCUT2D eigenvalue weighted by Crippen LogP contribution is 2.70. The van der Waals surface area contributed by atoms with Crippen LogP contribution in [0.5, 0.6) is 0 Å². The van der Waals surface area contributed by atoms with Gasteiger partial charge < -0.3 is 4.74 Å². The van der Waals surface area contributed by atoms with Crippen molar-refractivity contribution in [2.75, 3.05) is 6.26 Å². The summed E-state index contributed by atoms with van der Waals surface area (Å²) in [4.78, 5) is 24.2. The Morgan fingerprint density at radius 3 is 2.50 bits per heavy atom. The molecule has 3 saturated carbocycles. The van der Waals surface area contributed by atoms with Crippen LogP contribution in [0, 0.1) is 28.6 Å². The molecule has 4 aliphatic carbocycles. The lowest BCUT2D eigenvalue weighted by Crippen LogP contribution is -2.60. The lowest BCUT2D eigenvalue weighted by molar-refractivity contribution is -0.181. The molecule has 0 radical (unpaired) electrons. The Morgan fingerprint density at radius 2 is 1.83 bits per heavy atom. The first-order chi connectivity index (χ1) is 14.0. The van der Waals surface area contributed by atoms with E-state index in [2.05, 4.69) is 13.8 Å². The molecule has 4 fully saturated rings. The van der Waals surface area contributed by atoms with Crippen LogP contribution in [0.25, 0.3) is 0 Å². The van der Waals surface area contributed by atoms with Gasteiger partial charge in [-0.2, -0.15) is 8.42 Å². The Labute approximate surface area is 178 Å². The lowest BCUT2D eigenvalue weighted by Gasteiger charge is -2.61. The fourth-order valence-corrected chi connectivity index (χ4v) is 8.88. The van der Waals surface area contributed by atoms with E-state index in [1.54, 1.807) is 0 Å². The molecule has 166 valence electrons. The quantitative estimate of drug-likeness (QED) is 0.486. The second-order valence-corrected chi connectivity index (χ2v) is 12.5. The van der Waals surface area contributed by atoms with E-state index >= 15 is 0 Å². The van der Waals surface area contributed by atoms with Crippen molar-refractivity contribution < 1.29 is 26.9 Å². The maximum atomic E-state index is 12.3. The van der Waals surface area contributed by atoms with Gasteiger partial charge in [0.1, 0.15) is 5.60 Å². The Balaban J connectivity index is 1.60. The summed E-state index contributed by atoms with van der Waals surface area (Å²) >= 11 is 0. The predicted octanol–water partition coefficient (Wildman–Crippen LogP) is 3.55. The molecule has 5 rings (SSSR count). The Kier molecular flexibility index (Phi) is 4.42. The van der Waals surface area contributed by atoms with Crippen LogP contribution in [-0.4, -0.2) is 38.1 Å². The number of ketones is 1. The molecule has 6 nitrogen and oxygen atoms in total. The Hall–Kier alpha value is -1.21. The maximum absolute atomic E-state index is 12.3. The van der Waals surface area contributed by atoms with Crippen LogP contribution in [0.15, 0.2) is 11.6 Å². The smallest absolute Gasteiger partial charge is 0.306 e. The summed E-state index contributed by atoms with van der Waals surface area (Å²) in [6, 6.07) is 0. The van der Waals surface area contributed by atoms with Gasteiger partial charge in [0, 0.05) is 18.3 Å². The first-order valence-corrected chi connectivity index (χ1v) is 13.1. The third-order valence-corrected chi connectivity index (χ3v) is 10.1. The molecule has 0 bridgehead atoms. The molecule has 30 heavy (non-hydrogen) atoms. The number of carbonyl (C=O) groups is 2. The number of carbonyl (C=O) groups excluding carboxylic acids is 2. The van der Waals surface area contributed by atoms with Gasteiger partial charge in [-0.3, -0.25) is 13.8 Å². The normalized spacial score (nSPS) is 48.0. The molecule has 1 saturated heterocycles. The van der Waals surface area contributed by atoms with Crippen molar-refractivity contribution in [1.82, 2.24) is 0 Å². The van der Waals surface area contributed by atoms with Gasteiger partial charge in [0.15, 0.2) is 5.78 Å². The van der Waals surface area contributed by atoms with Crippen molar-refractivity contribution in [3.63, 3.8) is 0 Å². The van der Waals surface area contributed by atoms with Gasteiger partial charge in [-0.05, 0) is 74.2 Å². The molecular formula is C23H32O6S. The minimum absolute atomic E-state index is 0.0608. The minimum atomic E-state index is -3.65. The number of allylic oxidation sites excluding steroid dienone is 1. The van der Waals surface area contributed by atoms with Gasteiger partial charge >= 0.3 is 5.97 Å². The van der Waals surface area contributed by atoms with Crippen LogP contribution < -0.4 is 0 Å². The second-order valence-electron chi connectivity index (χ2n) is 10.9. The lowest BCUT2D eigenvalue weighted by atomic mass is 9.45. The second kappa shape index (κ2) is 6.41. The summed E-state index contributed by atoms with van der Waals surface area (Å²) in [5, 5.41) is 0. The highest BCUT2D eigenvalue weighted by atomic mass is 32.2. The van der Waals surface area contributed by atoms with E-state index in [-0.39, 0.29) is 28.5 Å². The molecule has 0 aromatic carbocycles. The summed E-state index contributed by atoms with van der Waals surface area (Å²) in [6.45, 7) is 4.42. The van der Waals surface area contributed by atoms with Gasteiger partial charge in [0.25, 0.3) is 10.1 Å². The van der Waals surface area contributed by atoms with Crippen LogP contribution in [0.4, 0.5) is 0 Å². The van der Waals surface area contributed by atoms with Gasteiger partial charge in [0.05, 0.1) is 12.4 Å². The minimum Gasteiger partial charge on any atom is -0.458 e. The predicted molar refractivity (Wildman–Crippen MR) is 110 cm³/mol. The summed E-state index contributed by atoms with van der Waals surface area (Å²) in [5.74, 6) is 0.796. The molecule has 1 spiro atoms. The Bertz CT molecular complexity index is 937. The SMILES string of the molecule is CC12CCC(=O)C=C1CCC1C2[C@H](OS(C)(=O)=O)CC2(C)C1CCC21CCC(=O)O1. The van der Waals surface area contributed by atoms with Gasteiger partial charge in [-0.15, -0.1) is 0 Å². The molecule has 0 aromatic heterocycles. The topological polar surface area (TPSA) is 86.7 Å². The van der Waals surface area contributed by atoms with Crippen LogP contribution in [0.3, 0.4) is 0 Å². The average Bonchev–Trinajstić information content (AvgIpc) is 3.15. The van der Waals surface area contributed by atoms with Crippen molar-refractivity contribution in [3.8, 4) is 0 Å². The number of rotatable bonds is 2. The molecule has 0 amide bonds. The molecule has 7 heteroatoms. The molecular weight excluding hydrogens is 404 g/mol. The zero-order valence-electron chi connectivity index (χ0n) is 18.1. The molecule has 6 unspecified atom stereocenters. The highest BCUT2D eigenvalue weighted by molar-refractivity contribution is 7.86. The fourth-order valence-electron chi connectivity index (χ4n) is 8.24. The van der Waals surface area contributed by atoms with Crippen LogP contribution in [0.1, 0.15) is 71.6 Å². The van der Waals surface area contributed by atoms with E-state index in [4.69, 9.17) is 8.92 Å². The molecule has 0 aromatic rings. The molecule has 7 atom stereocenters. The van der Waals surface area contributed by atoms with Crippen molar-refractivity contribution in [3.05, 3.63) is 11.6 Å². The van der Waals surface area contributed by atoms with E-state index in [0.717, 1.165) is 44.8 Å². The molecule has 1 aliphatic heterocycles. The van der Waals surface area contributed by atoms with Crippen molar-refractivity contribution >= 4 is 21.9 Å². The van der Waals surface area contributed by atoms with Crippen LogP contribution in [0.2, 0.25) is 0 Å². The van der Waals surface area contributed by atoms with Gasteiger partial charge in [-0.25, -0.2) is 0 Å². The summed E-state index contributed by atoms with van der Waals surface area (Å²) in [5.41, 5.74) is 0.192. The van der Waals surface area contributed by atoms with E-state index in [9.17, 15) is 18.0 Å². The van der Waals surface area contributed by atoms with E-state index in [0.29, 0.717) is 31.1 Å². The Morgan fingerprint density at radius 1 is 1.07 bits per heavy atom. The van der Waals surface area contributed by atoms with Crippen molar-refractivity contribution in [2.24, 2.45) is 28.6 Å². The third-order valence-electron chi connectivity index (χ3n) is 9.51. The number of hydrogen-bond donors (Lipinski definition) is 0. The number of esters is 1. The largest absolute Gasteiger partial charge is 0.458 e. The average molecular weight is 437 g/mol. The summed E-state index contributed by atoms with van der Waals surface area (Å²) < 4.78 is 36.3. The third kappa shape index (κ3) is 2.80. The zero-order valence-corrected chi connectivity index (χ0v) is 18.9. The first kappa shape index (κ1) is 20.7. The van der Waals surface area contributed by atoms with E-state index < -0.39 is 21.8 Å². The summed E-state index contributed by atoms with van der Waals surface area (Å²) in [6.07, 6.45) is 9.18. The van der Waals surface area contributed by atoms with Gasteiger partial charge in [-0.1, -0.05) is 19.4 Å². The zero-order chi connectivity index (χ0) is 21.5. The molecule has 5 aliphatic rings. The van der Waals surface area contributed by atoms with Crippen molar-refractivity contribution in [1.29, 1.82) is 0 Å². The standard InChI is InChI=1S/C23H32O6S/c1-21-9-6-15(24)12-14(21)4-5-16-17-7-10-23(11-8-19(25)28-23)22(17,2)13-18(20(16)21)29-30(3,26)27/h12,16-18,20H,4-11,13H2,1-3H3/t16?,17?,18-,20?,21?,22?,23?/m1/s1. The fraction of sp³-hybridized carbons (Fsp3) is 0.826. The monoisotopic (exact) mass is 436 g/mol. The highest BCUT2D eigenvalue weighted by Gasteiger charge is 2.69. The molecule has 0 N–H and O–H groups in total. The van der Waals surface area contributed by atoms with Gasteiger partial charge in [0.2, 0.25) is 0 Å². The number of ether oxygens (including phenoxy) is 1. The van der Waals surface area contributed by atoms with Crippen LogP contribution in [-0.2, 0) is 28.6 Å². The van der Waals surface area contributed by atoms with E-state index in [1.807, 2.05) is 6.08 Å². The first-order valence-electron chi connectivity index (χ1n) is 11.3. The summed E-state index contributed by atoms with van der Waals surface area (Å²) in [7, 11) is -3.65. The van der Waals surface area contributed by atoms with E-state index in [1.165, 1.54) is 5.57 Å². The number of hydrogen-bond acceptors (Lipinski definition) is 6. The molecule has 1 heterocycles. The number of fused-ring (bicyclic) bond motifs is 6.